The zero-order valence-corrected chi connectivity index (χ0v) is 15.5. The average Bonchev–Trinajstić information content (AvgIpc) is 2.58. The molecule has 25 heavy (non-hydrogen) atoms. The van der Waals surface area contributed by atoms with E-state index in [-0.39, 0.29) is 23.9 Å². The molecule has 1 heterocycles. The Balaban J connectivity index is 1.70. The van der Waals surface area contributed by atoms with Crippen LogP contribution >= 0.6 is 0 Å². The molecule has 2 aliphatic rings. The van der Waals surface area contributed by atoms with Crippen LogP contribution in [0, 0.1) is 5.92 Å². The van der Waals surface area contributed by atoms with Crippen molar-refractivity contribution in [2.24, 2.45) is 5.92 Å². The smallest absolute Gasteiger partial charge is 0.410 e. The highest BCUT2D eigenvalue weighted by atomic mass is 16.6. The fraction of sp³-hybridized carbons (Fsp3) is 0.824. The standard InChI is InChI=1S/C17H30N4O4/c1-17(2,3)25-16(24)21-11-9-20(10-12-21)15(23)19-18-14(22)13-7-5-4-6-8-13/h13H,4-12H2,1-3H3,(H,18,22)(H,19,23). The van der Waals surface area contributed by atoms with E-state index in [0.29, 0.717) is 26.2 Å². The number of amides is 4. The van der Waals surface area contributed by atoms with E-state index in [1.165, 1.54) is 6.42 Å². The van der Waals surface area contributed by atoms with Gasteiger partial charge in [0.15, 0.2) is 0 Å². The lowest BCUT2D eigenvalue weighted by Gasteiger charge is -2.35. The Kier molecular flexibility index (Phi) is 6.50. The molecule has 0 radical (unpaired) electrons. The number of ether oxygens (including phenoxy) is 1. The fourth-order valence-electron chi connectivity index (χ4n) is 3.08. The van der Waals surface area contributed by atoms with Gasteiger partial charge >= 0.3 is 12.1 Å². The van der Waals surface area contributed by atoms with Gasteiger partial charge in [-0.05, 0) is 33.6 Å². The maximum absolute atomic E-state index is 12.2. The van der Waals surface area contributed by atoms with Crippen LogP contribution in [-0.2, 0) is 9.53 Å². The minimum atomic E-state index is -0.533. The lowest BCUT2D eigenvalue weighted by Crippen LogP contribution is -2.57. The van der Waals surface area contributed by atoms with Crippen LogP contribution in [-0.4, -0.2) is 59.6 Å². The first-order chi connectivity index (χ1) is 11.8. The van der Waals surface area contributed by atoms with Gasteiger partial charge < -0.3 is 14.5 Å². The van der Waals surface area contributed by atoms with E-state index in [1.807, 2.05) is 20.8 Å². The van der Waals surface area contributed by atoms with Crippen LogP contribution in [0.4, 0.5) is 9.59 Å². The summed E-state index contributed by atoms with van der Waals surface area (Å²) in [6.45, 7) is 7.11. The molecule has 1 saturated carbocycles. The SMILES string of the molecule is CC(C)(C)OC(=O)N1CCN(C(=O)NNC(=O)C2CCCCC2)CC1. The predicted octanol–water partition coefficient (Wildman–Crippen LogP) is 1.86. The number of hydrogen-bond donors (Lipinski definition) is 2. The molecule has 0 atom stereocenters. The molecule has 0 spiro atoms. The number of hydrogen-bond acceptors (Lipinski definition) is 4. The van der Waals surface area contributed by atoms with Crippen LogP contribution < -0.4 is 10.9 Å². The molecule has 0 bridgehead atoms. The van der Waals surface area contributed by atoms with Crippen molar-refractivity contribution in [2.75, 3.05) is 26.2 Å². The van der Waals surface area contributed by atoms with E-state index >= 15 is 0 Å². The van der Waals surface area contributed by atoms with Gasteiger partial charge in [0.25, 0.3) is 0 Å². The molecule has 2 rings (SSSR count). The molecule has 0 unspecified atom stereocenters. The molecule has 2 N–H and O–H groups in total. The van der Waals surface area contributed by atoms with E-state index in [4.69, 9.17) is 4.74 Å². The van der Waals surface area contributed by atoms with Crippen molar-refractivity contribution < 1.29 is 19.1 Å². The Morgan fingerprint density at radius 2 is 1.44 bits per heavy atom. The normalized spacial score (nSPS) is 19.3. The van der Waals surface area contributed by atoms with Crippen molar-refractivity contribution in [1.29, 1.82) is 0 Å². The third-order valence-electron chi connectivity index (χ3n) is 4.49. The molecule has 1 saturated heterocycles. The summed E-state index contributed by atoms with van der Waals surface area (Å²) >= 11 is 0. The molecular formula is C17H30N4O4. The minimum absolute atomic E-state index is 0.00179. The second-order valence-electron chi connectivity index (χ2n) is 7.71. The van der Waals surface area contributed by atoms with Crippen molar-refractivity contribution in [2.45, 2.75) is 58.5 Å². The number of carbonyl (C=O) groups excluding carboxylic acids is 3. The van der Waals surface area contributed by atoms with E-state index in [2.05, 4.69) is 10.9 Å². The van der Waals surface area contributed by atoms with Crippen molar-refractivity contribution in [3.8, 4) is 0 Å². The molecule has 0 aromatic carbocycles. The molecule has 0 aromatic rings. The van der Waals surface area contributed by atoms with Gasteiger partial charge in [-0.3, -0.25) is 10.2 Å². The minimum Gasteiger partial charge on any atom is -0.444 e. The largest absolute Gasteiger partial charge is 0.444 e. The van der Waals surface area contributed by atoms with Crippen molar-refractivity contribution in [3.63, 3.8) is 0 Å². The zero-order valence-electron chi connectivity index (χ0n) is 15.5. The summed E-state index contributed by atoms with van der Waals surface area (Å²) in [7, 11) is 0. The summed E-state index contributed by atoms with van der Waals surface area (Å²) in [6, 6.07) is -0.340. The van der Waals surface area contributed by atoms with Gasteiger partial charge in [-0.25, -0.2) is 15.0 Å². The summed E-state index contributed by atoms with van der Waals surface area (Å²) in [6.07, 6.45) is 4.72. The fourth-order valence-corrected chi connectivity index (χ4v) is 3.08. The highest BCUT2D eigenvalue weighted by Gasteiger charge is 2.28. The van der Waals surface area contributed by atoms with Gasteiger partial charge in [0.2, 0.25) is 5.91 Å². The van der Waals surface area contributed by atoms with E-state index in [0.717, 1.165) is 25.7 Å². The molecule has 8 heteroatoms. The number of rotatable bonds is 1. The van der Waals surface area contributed by atoms with Crippen LogP contribution in [0.3, 0.4) is 0 Å². The van der Waals surface area contributed by atoms with Crippen LogP contribution in [0.25, 0.3) is 0 Å². The van der Waals surface area contributed by atoms with Gasteiger partial charge in [0.1, 0.15) is 5.60 Å². The Bertz CT molecular complexity index is 489. The molecule has 4 amide bonds. The first-order valence-electron chi connectivity index (χ1n) is 9.09. The van der Waals surface area contributed by atoms with Gasteiger partial charge in [0.05, 0.1) is 0 Å². The van der Waals surface area contributed by atoms with Crippen LogP contribution in [0.5, 0.6) is 0 Å². The van der Waals surface area contributed by atoms with Gasteiger partial charge in [-0.1, -0.05) is 19.3 Å². The summed E-state index contributed by atoms with van der Waals surface area (Å²) in [5.41, 5.74) is 4.48. The zero-order chi connectivity index (χ0) is 18.4. The van der Waals surface area contributed by atoms with E-state index in [9.17, 15) is 14.4 Å². The topological polar surface area (TPSA) is 91.0 Å². The molecular weight excluding hydrogens is 324 g/mol. The number of carbonyl (C=O) groups is 3. The highest BCUT2D eigenvalue weighted by molar-refractivity contribution is 5.82. The Morgan fingerprint density at radius 3 is 2.00 bits per heavy atom. The second-order valence-corrected chi connectivity index (χ2v) is 7.71. The van der Waals surface area contributed by atoms with Gasteiger partial charge in [-0.2, -0.15) is 0 Å². The lowest BCUT2D eigenvalue weighted by atomic mass is 9.89. The van der Waals surface area contributed by atoms with E-state index in [1.54, 1.807) is 9.80 Å². The van der Waals surface area contributed by atoms with Crippen molar-refractivity contribution in [1.82, 2.24) is 20.7 Å². The molecule has 142 valence electrons. The van der Waals surface area contributed by atoms with Gasteiger partial charge in [0, 0.05) is 32.1 Å². The van der Waals surface area contributed by atoms with Crippen LogP contribution in [0.2, 0.25) is 0 Å². The van der Waals surface area contributed by atoms with Gasteiger partial charge in [-0.15, -0.1) is 0 Å². The first-order valence-corrected chi connectivity index (χ1v) is 9.09. The monoisotopic (exact) mass is 354 g/mol. The molecule has 1 aliphatic carbocycles. The van der Waals surface area contributed by atoms with Crippen molar-refractivity contribution in [3.05, 3.63) is 0 Å². The highest BCUT2D eigenvalue weighted by Crippen LogP contribution is 2.23. The summed E-state index contributed by atoms with van der Waals surface area (Å²) in [4.78, 5) is 39.4. The second kappa shape index (κ2) is 8.40. The maximum atomic E-state index is 12.2. The molecule has 1 aliphatic heterocycles. The average molecular weight is 354 g/mol. The van der Waals surface area contributed by atoms with Crippen LogP contribution in [0.1, 0.15) is 52.9 Å². The van der Waals surface area contributed by atoms with Crippen molar-refractivity contribution >= 4 is 18.0 Å². The molecule has 8 nitrogen and oxygen atoms in total. The summed E-state index contributed by atoms with van der Waals surface area (Å²) in [5, 5.41) is 0. The summed E-state index contributed by atoms with van der Waals surface area (Å²) in [5.74, 6) is -0.112. The maximum Gasteiger partial charge on any atom is 0.410 e. The number of urea groups is 1. The number of nitrogens with zero attached hydrogens (tertiary/aromatic N) is 2. The van der Waals surface area contributed by atoms with E-state index < -0.39 is 5.60 Å². The lowest BCUT2D eigenvalue weighted by molar-refractivity contribution is -0.126. The third kappa shape index (κ3) is 6.10. The third-order valence-corrected chi connectivity index (χ3v) is 4.49. The predicted molar refractivity (Wildman–Crippen MR) is 92.6 cm³/mol. The number of hydrazine groups is 1. The molecule has 0 aromatic heterocycles. The number of piperazine rings is 1. The Morgan fingerprint density at radius 1 is 0.880 bits per heavy atom. The first kappa shape index (κ1) is 19.3. The Labute approximate surface area is 149 Å². The summed E-state index contributed by atoms with van der Waals surface area (Å²) < 4.78 is 5.33. The quantitative estimate of drug-likeness (QED) is 0.703. The number of nitrogens with one attached hydrogen (secondary N) is 2. The molecule has 2 fully saturated rings. The van der Waals surface area contributed by atoms with Crippen LogP contribution in [0.15, 0.2) is 0 Å². The Hall–Kier alpha value is -1.99.